The fourth-order valence-electron chi connectivity index (χ4n) is 2.59. The molecule has 0 saturated carbocycles. The molecule has 2 aromatic carbocycles. The quantitative estimate of drug-likeness (QED) is 0.494. The van der Waals surface area contributed by atoms with E-state index in [0.717, 1.165) is 5.56 Å². The van der Waals surface area contributed by atoms with Gasteiger partial charge in [-0.25, -0.2) is 0 Å². The van der Waals surface area contributed by atoms with Gasteiger partial charge in [0.25, 0.3) is 0 Å². The molecule has 0 unspecified atom stereocenters. The molecule has 1 N–H and O–H groups in total. The molecule has 0 aliphatic heterocycles. The molecule has 6 nitrogen and oxygen atoms in total. The number of amides is 1. The van der Waals surface area contributed by atoms with Gasteiger partial charge in [0.2, 0.25) is 5.91 Å². The number of ether oxygens (including phenoxy) is 1. The van der Waals surface area contributed by atoms with Crippen molar-refractivity contribution in [3.05, 3.63) is 63.9 Å². The second-order valence-electron chi connectivity index (χ2n) is 6.39. The third kappa shape index (κ3) is 5.44. The van der Waals surface area contributed by atoms with Crippen molar-refractivity contribution in [1.29, 1.82) is 0 Å². The molecular formula is C20H20Cl2N4O2S. The number of anilines is 1. The maximum atomic E-state index is 12.2. The maximum Gasteiger partial charge on any atom is 0.234 e. The van der Waals surface area contributed by atoms with Gasteiger partial charge >= 0.3 is 0 Å². The van der Waals surface area contributed by atoms with Crippen LogP contribution in [0.1, 0.15) is 24.4 Å². The molecule has 152 valence electrons. The van der Waals surface area contributed by atoms with Crippen LogP contribution in [0.15, 0.2) is 47.6 Å². The van der Waals surface area contributed by atoms with E-state index in [4.69, 9.17) is 27.9 Å². The third-order valence-electron chi connectivity index (χ3n) is 4.16. The van der Waals surface area contributed by atoms with Gasteiger partial charge in [0.1, 0.15) is 5.75 Å². The van der Waals surface area contributed by atoms with E-state index < -0.39 is 0 Å². The van der Waals surface area contributed by atoms with Gasteiger partial charge in [-0.1, -0.05) is 53.2 Å². The lowest BCUT2D eigenvalue weighted by Gasteiger charge is -2.15. The van der Waals surface area contributed by atoms with Crippen molar-refractivity contribution in [2.24, 2.45) is 7.05 Å². The van der Waals surface area contributed by atoms with Gasteiger partial charge in [-0.05, 0) is 43.7 Å². The average Bonchev–Trinajstić information content (AvgIpc) is 3.05. The molecule has 1 atom stereocenters. The van der Waals surface area contributed by atoms with Crippen LogP contribution in [-0.4, -0.2) is 26.4 Å². The number of carbonyl (C=O) groups is 1. The van der Waals surface area contributed by atoms with E-state index in [1.165, 1.54) is 11.8 Å². The predicted octanol–water partition coefficient (Wildman–Crippen LogP) is 5.30. The van der Waals surface area contributed by atoms with E-state index in [0.29, 0.717) is 32.5 Å². The van der Waals surface area contributed by atoms with E-state index in [1.807, 2.05) is 49.7 Å². The summed E-state index contributed by atoms with van der Waals surface area (Å²) in [6.45, 7) is 3.78. The van der Waals surface area contributed by atoms with Gasteiger partial charge in [0, 0.05) is 17.8 Å². The van der Waals surface area contributed by atoms with Crippen molar-refractivity contribution < 1.29 is 9.53 Å². The van der Waals surface area contributed by atoms with Crippen LogP contribution in [0.4, 0.5) is 5.69 Å². The predicted molar refractivity (Wildman–Crippen MR) is 117 cm³/mol. The summed E-state index contributed by atoms with van der Waals surface area (Å²) in [5, 5.41) is 13.0. The molecule has 9 heteroatoms. The number of nitrogens with zero attached hydrogens (tertiary/aromatic N) is 3. The number of aromatic nitrogens is 3. The van der Waals surface area contributed by atoms with Crippen LogP contribution < -0.4 is 10.1 Å². The van der Waals surface area contributed by atoms with Crippen molar-refractivity contribution in [1.82, 2.24) is 14.8 Å². The zero-order chi connectivity index (χ0) is 21.0. The van der Waals surface area contributed by atoms with E-state index in [-0.39, 0.29) is 17.8 Å². The van der Waals surface area contributed by atoms with E-state index in [9.17, 15) is 4.79 Å². The molecule has 1 aromatic heterocycles. The Kier molecular flexibility index (Phi) is 7.05. The number of thioether (sulfide) groups is 1. The standard InChI is InChI=1S/C20H20Cl2N4O2S/c1-12-8-9-14(10-16(12)22)23-18(27)11-29-20-25-24-19(26(20)3)13(2)28-17-7-5-4-6-15(17)21/h4-10,13H,11H2,1-3H3,(H,23,27)/t13-/m0/s1. The zero-order valence-corrected chi connectivity index (χ0v) is 18.5. The molecule has 0 bridgehead atoms. The first kappa shape index (κ1) is 21.5. The Hall–Kier alpha value is -2.22. The van der Waals surface area contributed by atoms with Crippen molar-refractivity contribution in [3.8, 4) is 5.75 Å². The number of rotatable bonds is 7. The zero-order valence-electron chi connectivity index (χ0n) is 16.1. The number of hydrogen-bond donors (Lipinski definition) is 1. The van der Waals surface area contributed by atoms with Crippen LogP contribution in [-0.2, 0) is 11.8 Å². The second kappa shape index (κ2) is 9.52. The third-order valence-corrected chi connectivity index (χ3v) is 5.90. The van der Waals surface area contributed by atoms with Gasteiger partial charge < -0.3 is 14.6 Å². The molecular weight excluding hydrogens is 431 g/mol. The van der Waals surface area contributed by atoms with Gasteiger partial charge in [0.15, 0.2) is 17.1 Å². The molecule has 0 aliphatic carbocycles. The van der Waals surface area contributed by atoms with Crippen LogP contribution in [0.25, 0.3) is 0 Å². The monoisotopic (exact) mass is 450 g/mol. The highest BCUT2D eigenvalue weighted by Gasteiger charge is 2.19. The molecule has 1 amide bonds. The number of aryl methyl sites for hydroxylation is 1. The summed E-state index contributed by atoms with van der Waals surface area (Å²) in [5.41, 5.74) is 1.62. The number of hydrogen-bond acceptors (Lipinski definition) is 5. The Morgan fingerprint density at radius 3 is 2.69 bits per heavy atom. The van der Waals surface area contributed by atoms with Crippen molar-refractivity contribution in [3.63, 3.8) is 0 Å². The second-order valence-corrected chi connectivity index (χ2v) is 8.15. The number of halogens is 2. The molecule has 0 fully saturated rings. The van der Waals surface area contributed by atoms with E-state index in [1.54, 1.807) is 18.2 Å². The molecule has 0 saturated heterocycles. The molecule has 29 heavy (non-hydrogen) atoms. The summed E-state index contributed by atoms with van der Waals surface area (Å²) in [4.78, 5) is 12.2. The molecule has 1 heterocycles. The van der Waals surface area contributed by atoms with Crippen molar-refractivity contribution >= 4 is 46.6 Å². The SMILES string of the molecule is Cc1ccc(NC(=O)CSc2nnc([C@H](C)Oc3ccccc3Cl)n2C)cc1Cl. The Bertz CT molecular complexity index is 1030. The first-order valence-corrected chi connectivity index (χ1v) is 10.6. The molecule has 0 radical (unpaired) electrons. The average molecular weight is 451 g/mol. The Labute approximate surface area is 183 Å². The number of benzene rings is 2. The fraction of sp³-hybridized carbons (Fsp3) is 0.250. The largest absolute Gasteiger partial charge is 0.481 e. The molecule has 3 rings (SSSR count). The van der Waals surface area contributed by atoms with E-state index in [2.05, 4.69) is 15.5 Å². The minimum atomic E-state index is -0.356. The van der Waals surface area contributed by atoms with Crippen LogP contribution in [0.5, 0.6) is 5.75 Å². The van der Waals surface area contributed by atoms with Gasteiger partial charge in [-0.3, -0.25) is 4.79 Å². The topological polar surface area (TPSA) is 69.0 Å². The lowest BCUT2D eigenvalue weighted by atomic mass is 10.2. The number of carbonyl (C=O) groups excluding carboxylic acids is 1. The Morgan fingerprint density at radius 2 is 1.97 bits per heavy atom. The number of nitrogens with one attached hydrogen (secondary N) is 1. The Morgan fingerprint density at radius 1 is 1.21 bits per heavy atom. The first-order valence-electron chi connectivity index (χ1n) is 8.84. The minimum Gasteiger partial charge on any atom is -0.481 e. The van der Waals surface area contributed by atoms with Crippen molar-refractivity contribution in [2.45, 2.75) is 25.1 Å². The Balaban J connectivity index is 1.59. The van der Waals surface area contributed by atoms with E-state index >= 15 is 0 Å². The lowest BCUT2D eigenvalue weighted by molar-refractivity contribution is -0.113. The van der Waals surface area contributed by atoms with Crippen LogP contribution in [0.2, 0.25) is 10.0 Å². The van der Waals surface area contributed by atoms with Crippen LogP contribution >= 0.6 is 35.0 Å². The summed E-state index contributed by atoms with van der Waals surface area (Å²) in [5.74, 6) is 1.25. The first-order chi connectivity index (χ1) is 13.8. The minimum absolute atomic E-state index is 0.153. The molecule has 0 aliphatic rings. The highest BCUT2D eigenvalue weighted by molar-refractivity contribution is 7.99. The maximum absolute atomic E-state index is 12.2. The molecule has 3 aromatic rings. The van der Waals surface area contributed by atoms with Crippen LogP contribution in [0.3, 0.4) is 0 Å². The highest BCUT2D eigenvalue weighted by Crippen LogP contribution is 2.29. The number of para-hydroxylation sites is 1. The molecule has 0 spiro atoms. The summed E-state index contributed by atoms with van der Waals surface area (Å²) < 4.78 is 7.70. The van der Waals surface area contributed by atoms with Gasteiger partial charge in [0.05, 0.1) is 10.8 Å². The van der Waals surface area contributed by atoms with Crippen molar-refractivity contribution in [2.75, 3.05) is 11.1 Å². The lowest BCUT2D eigenvalue weighted by Crippen LogP contribution is -2.15. The van der Waals surface area contributed by atoms with Crippen LogP contribution in [0, 0.1) is 6.92 Å². The summed E-state index contributed by atoms with van der Waals surface area (Å²) in [6, 6.07) is 12.7. The van der Waals surface area contributed by atoms with Gasteiger partial charge in [-0.2, -0.15) is 0 Å². The van der Waals surface area contributed by atoms with Gasteiger partial charge in [-0.15, -0.1) is 10.2 Å². The normalized spacial score (nSPS) is 11.9. The smallest absolute Gasteiger partial charge is 0.234 e. The highest BCUT2D eigenvalue weighted by atomic mass is 35.5. The summed E-state index contributed by atoms with van der Waals surface area (Å²) >= 11 is 13.5. The fourth-order valence-corrected chi connectivity index (χ4v) is 3.67. The summed E-state index contributed by atoms with van der Waals surface area (Å²) in [7, 11) is 1.84. The summed E-state index contributed by atoms with van der Waals surface area (Å²) in [6.07, 6.45) is -0.356.